The molecule has 0 aliphatic carbocycles. The van der Waals surface area contributed by atoms with Gasteiger partial charge in [0.05, 0.1) is 26.4 Å². The molecule has 4 heterocycles. The monoisotopic (exact) mass is 951 g/mol. The number of hydrogen-bond acceptors (Lipinski definition) is 14. The van der Waals surface area contributed by atoms with E-state index in [1.807, 2.05) is 78.9 Å². The number of rotatable bonds is 17. The fourth-order valence-electron chi connectivity index (χ4n) is 8.21. The molecule has 19 heteroatoms. The van der Waals surface area contributed by atoms with Gasteiger partial charge < -0.3 is 28.4 Å². The number of aromatic amines is 2. The lowest BCUT2D eigenvalue weighted by atomic mass is 9.80. The number of ether oxygens (including phenoxy) is 6. The summed E-state index contributed by atoms with van der Waals surface area (Å²) in [5.74, 6) is 0.689. The third-order valence-corrected chi connectivity index (χ3v) is 13.1. The summed E-state index contributed by atoms with van der Waals surface area (Å²) in [6, 6.07) is 33.2. The Bertz CT molecular complexity index is 2900. The number of H-pyrrole nitrogens is 2. The number of carbonyl (C=O) groups excluding carboxylic acids is 1. The van der Waals surface area contributed by atoms with Gasteiger partial charge in [-0.15, -0.1) is 9.05 Å². The predicted octanol–water partition coefficient (Wildman–Crippen LogP) is 5.71. The molecular formula is C48H48N4O13PS+. The maximum atomic E-state index is 13.3. The summed E-state index contributed by atoms with van der Waals surface area (Å²) in [7, 11) is 1.03. The Morgan fingerprint density at radius 3 is 1.64 bits per heavy atom. The van der Waals surface area contributed by atoms with Crippen molar-refractivity contribution in [1.82, 2.24) is 19.1 Å². The van der Waals surface area contributed by atoms with E-state index in [4.69, 9.17) is 49.3 Å². The molecular weight excluding hydrogens is 904 g/mol. The molecule has 0 radical (unpaired) electrons. The zero-order valence-electron chi connectivity index (χ0n) is 36.9. The van der Waals surface area contributed by atoms with Gasteiger partial charge in [0.25, 0.3) is 11.1 Å². The van der Waals surface area contributed by atoms with E-state index in [0.717, 1.165) is 16.7 Å². The van der Waals surface area contributed by atoms with Gasteiger partial charge in [-0.05, 0) is 66.9 Å². The van der Waals surface area contributed by atoms with Crippen molar-refractivity contribution in [3.63, 3.8) is 0 Å². The van der Waals surface area contributed by atoms with E-state index in [1.165, 1.54) is 21.5 Å². The lowest BCUT2D eigenvalue weighted by molar-refractivity contribution is -0.0919. The van der Waals surface area contributed by atoms with Crippen molar-refractivity contribution in [2.24, 2.45) is 0 Å². The minimum Gasteiger partial charge on any atom is -0.497 e. The fourth-order valence-corrected chi connectivity index (χ4v) is 9.50. The Labute approximate surface area is 389 Å². The first-order chi connectivity index (χ1) is 32.4. The molecule has 0 amide bonds. The molecule has 17 nitrogen and oxygen atoms in total. The first-order valence-electron chi connectivity index (χ1n) is 21.3. The predicted molar refractivity (Wildman–Crippen MR) is 248 cm³/mol. The highest BCUT2D eigenvalue weighted by atomic mass is 32.4. The molecule has 0 spiro atoms. The fraction of sp³-hybridized carbons (Fsp3) is 0.312. The molecule has 67 heavy (non-hydrogen) atoms. The van der Waals surface area contributed by atoms with Gasteiger partial charge in [-0.25, -0.2) is 14.4 Å². The van der Waals surface area contributed by atoms with Crippen LogP contribution in [0.15, 0.2) is 141 Å². The summed E-state index contributed by atoms with van der Waals surface area (Å²) in [5.41, 5.74) is -0.414. The Hall–Kier alpha value is -6.37. The minimum atomic E-state index is -2.15. The standard InChI is InChI=1S/C48H47N4O13PS/c1-29-25-51(46(56)49-43(29)53)41-23-37(64-45(55)31-11-7-5-8-12-31)40(63-41)28-61-66(67)65-38-24-42(52-26-30(2)44(54)50-47(52)57)62-39(38)27-60-48(32-13-9-6-10-14-32,33-15-19-35(58-3)20-16-33)34-17-21-36(59-4)22-18-34/h5-22,25-26,37-42H,23-24,27-28H2,1-4H3,(H-,49,50,53,54,56,57)/p+1/t37-,38-,39+,40+,41+,42+/m0/s1. The summed E-state index contributed by atoms with van der Waals surface area (Å²) >= 11 is 5.82. The maximum Gasteiger partial charge on any atom is 0.522 e. The van der Waals surface area contributed by atoms with Crippen molar-refractivity contribution in [2.45, 2.75) is 69.2 Å². The molecule has 2 N–H and O–H groups in total. The first-order valence-corrected chi connectivity index (χ1v) is 23.5. The van der Waals surface area contributed by atoms with Crippen LogP contribution in [-0.2, 0) is 45.4 Å². The number of nitrogens with one attached hydrogen (secondary N) is 2. The lowest BCUT2D eigenvalue weighted by Gasteiger charge is -2.37. The molecule has 1 unspecified atom stereocenters. The van der Waals surface area contributed by atoms with Crippen molar-refractivity contribution in [3.8, 4) is 11.5 Å². The topological polar surface area (TPSA) is 201 Å². The molecule has 2 fully saturated rings. The third-order valence-electron chi connectivity index (χ3n) is 11.7. The number of aryl methyl sites for hydroxylation is 2. The molecule has 4 aromatic carbocycles. The second-order valence-corrected chi connectivity index (χ2v) is 17.8. The van der Waals surface area contributed by atoms with E-state index in [-0.39, 0.29) is 31.6 Å². The van der Waals surface area contributed by atoms with Crippen LogP contribution in [-0.4, -0.2) is 76.9 Å². The van der Waals surface area contributed by atoms with Crippen LogP contribution >= 0.6 is 7.15 Å². The number of hydrogen-bond donors (Lipinski definition) is 2. The van der Waals surface area contributed by atoms with Gasteiger partial charge in [-0.2, -0.15) is 0 Å². The summed E-state index contributed by atoms with van der Waals surface area (Å²) in [4.78, 5) is 68.6. The highest BCUT2D eigenvalue weighted by Gasteiger charge is 2.47. The van der Waals surface area contributed by atoms with Gasteiger partial charge >= 0.3 is 24.5 Å². The van der Waals surface area contributed by atoms with Crippen molar-refractivity contribution in [2.75, 3.05) is 27.4 Å². The van der Waals surface area contributed by atoms with Crippen molar-refractivity contribution in [3.05, 3.63) is 197 Å². The van der Waals surface area contributed by atoms with Crippen LogP contribution in [0.4, 0.5) is 0 Å². The largest absolute Gasteiger partial charge is 0.522 e. The number of esters is 1. The van der Waals surface area contributed by atoms with Gasteiger partial charge in [0.2, 0.25) is 11.8 Å². The first kappa shape index (κ1) is 47.1. The highest BCUT2D eigenvalue weighted by Crippen LogP contribution is 2.44. The van der Waals surface area contributed by atoms with Gasteiger partial charge in [-0.3, -0.25) is 28.7 Å². The number of carbonyl (C=O) groups is 1. The second-order valence-electron chi connectivity index (χ2n) is 16.0. The summed E-state index contributed by atoms with van der Waals surface area (Å²) < 4.78 is 52.2. The lowest BCUT2D eigenvalue weighted by Crippen LogP contribution is -2.38. The summed E-state index contributed by atoms with van der Waals surface area (Å²) in [6.07, 6.45) is -2.33. The van der Waals surface area contributed by atoms with Crippen molar-refractivity contribution >= 4 is 24.9 Å². The van der Waals surface area contributed by atoms with Crippen LogP contribution in [0.3, 0.4) is 0 Å². The van der Waals surface area contributed by atoms with E-state index < -0.39 is 78.1 Å². The Kier molecular flexibility index (Phi) is 14.5. The molecule has 8 rings (SSSR count). The Morgan fingerprint density at radius 1 is 0.672 bits per heavy atom. The molecule has 2 aliphatic heterocycles. The van der Waals surface area contributed by atoms with Gasteiger partial charge in [0, 0.05) is 36.4 Å². The van der Waals surface area contributed by atoms with E-state index in [0.29, 0.717) is 22.6 Å². The zero-order valence-corrected chi connectivity index (χ0v) is 38.6. The van der Waals surface area contributed by atoms with E-state index in [9.17, 15) is 24.0 Å². The van der Waals surface area contributed by atoms with Crippen LogP contribution in [0, 0.1) is 13.8 Å². The normalized spacial score (nSPS) is 20.6. The third kappa shape index (κ3) is 10.3. The number of benzene rings is 4. The highest BCUT2D eigenvalue weighted by molar-refractivity contribution is 8.00. The molecule has 6 aromatic rings. The molecule has 2 aliphatic rings. The number of nitrogens with zero attached hydrogens (tertiary/aromatic N) is 2. The minimum absolute atomic E-state index is 0.0602. The quantitative estimate of drug-likeness (QED) is 0.0640. The van der Waals surface area contributed by atoms with Crippen LogP contribution in [0.2, 0.25) is 0 Å². The molecule has 348 valence electrons. The van der Waals surface area contributed by atoms with Gasteiger partial charge in [0.1, 0.15) is 60.6 Å². The zero-order chi connectivity index (χ0) is 47.2. The SMILES string of the molecule is COc1ccc(C(OC[C@H]2O[C@@H](n3cc(C)c(=O)[nH]c3=O)C[C@@H]2O[P+](=S)OC[C@H]2O[C@@H](n3cc(C)c(=O)[nH]c3=O)C[C@@H]2OC(=O)c2ccccc2)(c2ccccc2)c2ccc(OC)cc2)cc1. The average Bonchev–Trinajstić information content (AvgIpc) is 3.94. The molecule has 2 saturated heterocycles. The average molecular weight is 952 g/mol. The van der Waals surface area contributed by atoms with E-state index >= 15 is 0 Å². The van der Waals surface area contributed by atoms with Crippen molar-refractivity contribution < 1.29 is 42.3 Å². The van der Waals surface area contributed by atoms with Crippen LogP contribution < -0.4 is 32.0 Å². The second kappa shape index (κ2) is 20.7. The summed E-state index contributed by atoms with van der Waals surface area (Å²) in [5, 5.41) is 0. The summed E-state index contributed by atoms with van der Waals surface area (Å²) in [6.45, 7) is 2.84. The number of aromatic nitrogens is 4. The van der Waals surface area contributed by atoms with Crippen LogP contribution in [0.5, 0.6) is 11.5 Å². The number of methoxy groups -OCH3 is 2. The smallest absolute Gasteiger partial charge is 0.497 e. The molecule has 7 atom stereocenters. The molecule has 0 saturated carbocycles. The maximum absolute atomic E-state index is 13.3. The molecule has 0 bridgehead atoms. The molecule has 2 aromatic heterocycles. The Balaban J connectivity index is 1.08. The van der Waals surface area contributed by atoms with Gasteiger partial charge in [-0.1, -0.05) is 72.8 Å². The van der Waals surface area contributed by atoms with E-state index in [2.05, 4.69) is 9.97 Å². The van der Waals surface area contributed by atoms with Crippen LogP contribution in [0.1, 0.15) is 63.5 Å². The van der Waals surface area contributed by atoms with Crippen molar-refractivity contribution in [1.29, 1.82) is 0 Å². The van der Waals surface area contributed by atoms with Gasteiger partial charge in [0.15, 0.2) is 0 Å². The van der Waals surface area contributed by atoms with E-state index in [1.54, 1.807) is 58.4 Å². The Morgan fingerprint density at radius 2 is 1.13 bits per heavy atom. The van der Waals surface area contributed by atoms with Crippen LogP contribution in [0.25, 0.3) is 0 Å².